The van der Waals surface area contributed by atoms with Crippen LogP contribution in [-0.2, 0) is 4.79 Å². The average Bonchev–Trinajstić information content (AvgIpc) is 1.21. The first-order valence-corrected chi connectivity index (χ1v) is 1.81. The fourth-order valence-corrected chi connectivity index (χ4v) is 0.203. The van der Waals surface area contributed by atoms with Crippen molar-refractivity contribution in [2.24, 2.45) is 0 Å². The van der Waals surface area contributed by atoms with Crippen LogP contribution >= 0.6 is 0 Å². The molecule has 0 amide bonds. The first kappa shape index (κ1) is 7.35. The van der Waals surface area contributed by atoms with E-state index in [9.17, 15) is 4.79 Å². The van der Waals surface area contributed by atoms with Gasteiger partial charge in [-0.15, -0.1) is 0 Å². The second-order valence-electron chi connectivity index (χ2n) is 1.34. The molecule has 0 unspecified atom stereocenters. The van der Waals surface area contributed by atoms with Gasteiger partial charge in [-0.05, 0) is 0 Å². The normalized spacial score (nSPS) is 11.4. The summed E-state index contributed by atoms with van der Waals surface area (Å²) in [7, 11) is 0. The zero-order valence-corrected chi connectivity index (χ0v) is 3.90. The van der Waals surface area contributed by atoms with Gasteiger partial charge in [0.1, 0.15) is 6.42 Å². The van der Waals surface area contributed by atoms with Gasteiger partial charge in [-0.2, -0.15) is 0 Å². The van der Waals surface area contributed by atoms with Crippen LogP contribution in [0.1, 0.15) is 6.42 Å². The number of carboxylic acid groups (broad SMARTS) is 1. The lowest BCUT2D eigenvalue weighted by Gasteiger charge is -2.08. The molecule has 0 aliphatic rings. The predicted octanol–water partition coefficient (Wildman–Crippen LogP) is -1.91. The third kappa shape index (κ3) is 5.35. The van der Waals surface area contributed by atoms with Gasteiger partial charge in [0.15, 0.2) is 0 Å². The Labute approximate surface area is 44.8 Å². The Morgan fingerprint density at radius 3 is 1.75 bits per heavy atom. The van der Waals surface area contributed by atoms with Crippen LogP contribution in [0.4, 0.5) is 0 Å². The summed E-state index contributed by atoms with van der Waals surface area (Å²) in [6.45, 7) is 0. The Morgan fingerprint density at radius 1 is 1.38 bits per heavy atom. The van der Waals surface area contributed by atoms with E-state index in [1.165, 1.54) is 0 Å². The Hall–Kier alpha value is -0.650. The van der Waals surface area contributed by atoms with E-state index < -0.39 is 18.4 Å². The van der Waals surface area contributed by atoms with Crippen molar-refractivity contribution in [3.8, 4) is 0 Å². The predicted molar refractivity (Wildman–Crippen MR) is 21.6 cm³/mol. The van der Waals surface area contributed by atoms with Crippen molar-refractivity contribution in [2.45, 2.75) is 12.4 Å². The van der Waals surface area contributed by atoms with Crippen LogP contribution < -0.4 is 0 Å². The van der Waals surface area contributed by atoms with Crippen LogP contribution in [0.2, 0.25) is 0 Å². The molecule has 8 heavy (non-hydrogen) atoms. The van der Waals surface area contributed by atoms with Crippen LogP contribution in [-0.4, -0.2) is 32.4 Å². The van der Waals surface area contributed by atoms with Crippen LogP contribution in [0.25, 0.3) is 0 Å². The van der Waals surface area contributed by atoms with Crippen LogP contribution in [0.15, 0.2) is 0 Å². The SMILES string of the molecule is O=C(O)CC(O)(O)O. The Balaban J connectivity index is 3.55. The van der Waals surface area contributed by atoms with Crippen molar-refractivity contribution in [1.29, 1.82) is 0 Å². The minimum absolute atomic E-state index is 1.09. The number of hydrogen-bond acceptors (Lipinski definition) is 4. The largest absolute Gasteiger partial charge is 0.481 e. The molecule has 0 aromatic carbocycles. The molecule has 5 heteroatoms. The fourth-order valence-electron chi connectivity index (χ4n) is 0.203. The summed E-state index contributed by atoms with van der Waals surface area (Å²) in [6.07, 6.45) is -1.09. The molecule has 0 fully saturated rings. The third-order valence-electron chi connectivity index (χ3n) is 0.388. The molecule has 0 aromatic rings. The topological polar surface area (TPSA) is 98.0 Å². The molecule has 0 heterocycles. The van der Waals surface area contributed by atoms with E-state index >= 15 is 0 Å². The van der Waals surface area contributed by atoms with Gasteiger partial charge in [-0.25, -0.2) is 0 Å². The van der Waals surface area contributed by atoms with E-state index in [1.807, 2.05) is 0 Å². The van der Waals surface area contributed by atoms with Gasteiger partial charge in [0.05, 0.1) is 0 Å². The molecule has 0 aliphatic heterocycles. The van der Waals surface area contributed by atoms with E-state index in [4.69, 9.17) is 20.4 Å². The minimum Gasteiger partial charge on any atom is -0.481 e. The Bertz CT molecular complexity index is 90.3. The van der Waals surface area contributed by atoms with Crippen LogP contribution in [0, 0.1) is 0 Å². The van der Waals surface area contributed by atoms with E-state index in [0.717, 1.165) is 0 Å². The van der Waals surface area contributed by atoms with E-state index in [2.05, 4.69) is 0 Å². The summed E-state index contributed by atoms with van der Waals surface area (Å²) in [5.74, 6) is -4.55. The molecule has 0 spiro atoms. The summed E-state index contributed by atoms with van der Waals surface area (Å²) >= 11 is 0. The number of rotatable bonds is 2. The first-order chi connectivity index (χ1) is 3.42. The van der Waals surface area contributed by atoms with Crippen molar-refractivity contribution >= 4 is 5.97 Å². The molecule has 0 aliphatic carbocycles. The maximum absolute atomic E-state index is 9.53. The third-order valence-corrected chi connectivity index (χ3v) is 0.388. The van der Waals surface area contributed by atoms with Gasteiger partial charge in [0.2, 0.25) is 0 Å². The van der Waals surface area contributed by atoms with Crippen molar-refractivity contribution < 1.29 is 25.2 Å². The van der Waals surface area contributed by atoms with Gasteiger partial charge < -0.3 is 20.4 Å². The molecule has 0 radical (unpaired) electrons. The minimum atomic E-state index is -3.08. The summed E-state index contributed by atoms with van der Waals surface area (Å²) < 4.78 is 0. The van der Waals surface area contributed by atoms with Gasteiger partial charge in [-0.1, -0.05) is 0 Å². The lowest BCUT2D eigenvalue weighted by molar-refractivity contribution is -0.311. The monoisotopic (exact) mass is 122 g/mol. The molecule has 5 nitrogen and oxygen atoms in total. The lowest BCUT2D eigenvalue weighted by Crippen LogP contribution is -2.30. The highest BCUT2D eigenvalue weighted by molar-refractivity contribution is 5.67. The maximum Gasteiger partial charge on any atom is 0.311 e. The zero-order valence-electron chi connectivity index (χ0n) is 3.90. The lowest BCUT2D eigenvalue weighted by atomic mass is 10.4. The summed E-state index contributed by atoms with van der Waals surface area (Å²) in [5, 5.41) is 31.5. The molecule has 0 saturated carbocycles. The molecule has 4 N–H and O–H groups in total. The highest BCUT2D eigenvalue weighted by atomic mass is 16.7. The van der Waals surface area contributed by atoms with E-state index in [0.29, 0.717) is 0 Å². The molecular formula is C3H6O5. The molecule has 0 bridgehead atoms. The fraction of sp³-hybridized carbons (Fsp3) is 0.667. The highest BCUT2D eigenvalue weighted by Gasteiger charge is 2.21. The molecule has 48 valence electrons. The molecular weight excluding hydrogens is 116 g/mol. The quantitative estimate of drug-likeness (QED) is 0.320. The second kappa shape index (κ2) is 2.08. The van der Waals surface area contributed by atoms with Crippen LogP contribution in [0.3, 0.4) is 0 Å². The Kier molecular flexibility index (Phi) is 1.91. The van der Waals surface area contributed by atoms with Crippen molar-refractivity contribution in [3.05, 3.63) is 0 Å². The standard InChI is InChI=1S/C3H6O5/c4-2(5)1-3(6,7)8/h6-8H,1H2,(H,4,5). The molecule has 0 saturated heterocycles. The summed E-state index contributed by atoms with van der Waals surface area (Å²) in [4.78, 5) is 9.53. The highest BCUT2D eigenvalue weighted by Crippen LogP contribution is 1.97. The number of hydrogen-bond donors (Lipinski definition) is 4. The second-order valence-corrected chi connectivity index (χ2v) is 1.34. The number of aliphatic hydroxyl groups is 3. The number of carboxylic acids is 1. The van der Waals surface area contributed by atoms with Crippen molar-refractivity contribution in [1.82, 2.24) is 0 Å². The first-order valence-electron chi connectivity index (χ1n) is 1.81. The van der Waals surface area contributed by atoms with Gasteiger partial charge >= 0.3 is 5.97 Å². The van der Waals surface area contributed by atoms with E-state index in [-0.39, 0.29) is 0 Å². The summed E-state index contributed by atoms with van der Waals surface area (Å²) in [5.41, 5.74) is 0. The molecule has 0 aromatic heterocycles. The Morgan fingerprint density at radius 2 is 1.75 bits per heavy atom. The zero-order chi connectivity index (χ0) is 6.78. The van der Waals surface area contributed by atoms with Gasteiger partial charge in [0.25, 0.3) is 5.97 Å². The maximum atomic E-state index is 9.53. The van der Waals surface area contributed by atoms with Gasteiger partial charge in [-0.3, -0.25) is 4.79 Å². The number of carbonyl (C=O) groups is 1. The average molecular weight is 122 g/mol. The smallest absolute Gasteiger partial charge is 0.311 e. The molecule has 0 atom stereocenters. The summed E-state index contributed by atoms with van der Waals surface area (Å²) in [6, 6.07) is 0. The van der Waals surface area contributed by atoms with Gasteiger partial charge in [0, 0.05) is 0 Å². The van der Waals surface area contributed by atoms with Crippen LogP contribution in [0.5, 0.6) is 0 Å². The van der Waals surface area contributed by atoms with Crippen molar-refractivity contribution in [3.63, 3.8) is 0 Å². The number of aliphatic carboxylic acids is 1. The molecule has 0 rings (SSSR count). The van der Waals surface area contributed by atoms with Crippen molar-refractivity contribution in [2.75, 3.05) is 0 Å². The van der Waals surface area contributed by atoms with E-state index in [1.54, 1.807) is 0 Å².